The lowest BCUT2D eigenvalue weighted by atomic mass is 10.1. The van der Waals surface area contributed by atoms with Crippen molar-refractivity contribution >= 4 is 39.5 Å². The van der Waals surface area contributed by atoms with Crippen molar-refractivity contribution in [1.82, 2.24) is 15.0 Å². The Bertz CT molecular complexity index is 1440. The van der Waals surface area contributed by atoms with Crippen molar-refractivity contribution in [2.75, 3.05) is 7.11 Å². The summed E-state index contributed by atoms with van der Waals surface area (Å²) in [6.07, 6.45) is -0.509. The number of ether oxygens (including phenoxy) is 2. The molecule has 0 bridgehead atoms. The summed E-state index contributed by atoms with van der Waals surface area (Å²) in [6, 6.07) is 25.0. The fourth-order valence-electron chi connectivity index (χ4n) is 3.84. The molecule has 33 heavy (non-hydrogen) atoms. The number of methoxy groups -OCH3 is 1. The van der Waals surface area contributed by atoms with Crippen LogP contribution in [0.25, 0.3) is 21.9 Å². The Labute approximate surface area is 195 Å². The topological polar surface area (TPSA) is 77.1 Å². The van der Waals surface area contributed by atoms with Crippen molar-refractivity contribution in [3.63, 3.8) is 0 Å². The minimum atomic E-state index is -0.509. The molecule has 6 nitrogen and oxygen atoms in total. The van der Waals surface area contributed by atoms with E-state index in [1.807, 2.05) is 66.7 Å². The zero-order valence-electron chi connectivity index (χ0n) is 17.8. The first-order valence-electron chi connectivity index (χ1n) is 10.4. The molecule has 0 spiro atoms. The number of hydrogen-bond donors (Lipinski definition) is 1. The van der Waals surface area contributed by atoms with Gasteiger partial charge in [-0.15, -0.1) is 0 Å². The van der Waals surface area contributed by atoms with Crippen molar-refractivity contribution in [2.24, 2.45) is 0 Å². The van der Waals surface area contributed by atoms with Gasteiger partial charge in [0.05, 0.1) is 24.7 Å². The summed E-state index contributed by atoms with van der Waals surface area (Å²) in [4.78, 5) is 24.6. The lowest BCUT2D eigenvalue weighted by Crippen LogP contribution is -2.11. The second-order valence-electron chi connectivity index (χ2n) is 7.56. The molecule has 2 aromatic heterocycles. The third-order valence-electron chi connectivity index (χ3n) is 5.44. The smallest absolute Gasteiger partial charge is 0.337 e. The van der Waals surface area contributed by atoms with Crippen LogP contribution in [0.2, 0.25) is 5.15 Å². The second kappa shape index (κ2) is 9.02. The Kier molecular flexibility index (Phi) is 5.77. The second-order valence-corrected chi connectivity index (χ2v) is 7.92. The number of esters is 1. The molecule has 1 unspecified atom stereocenters. The van der Waals surface area contributed by atoms with Crippen LogP contribution < -0.4 is 0 Å². The first-order valence-corrected chi connectivity index (χ1v) is 10.8. The minimum Gasteiger partial charge on any atom is -0.465 e. The molecule has 0 aliphatic rings. The van der Waals surface area contributed by atoms with Gasteiger partial charge in [-0.1, -0.05) is 78.3 Å². The molecule has 0 aliphatic carbocycles. The molecule has 1 N–H and O–H groups in total. The molecule has 164 valence electrons. The number of hydrogen-bond acceptors (Lipinski definition) is 5. The molecule has 0 saturated heterocycles. The third-order valence-corrected chi connectivity index (χ3v) is 5.72. The highest BCUT2D eigenvalue weighted by Gasteiger charge is 2.22. The summed E-state index contributed by atoms with van der Waals surface area (Å²) in [5.74, 6) is 0.0428. The molecule has 3 aromatic carbocycles. The van der Waals surface area contributed by atoms with Crippen LogP contribution in [0.4, 0.5) is 0 Å². The minimum absolute atomic E-state index is 0.316. The molecular weight excluding hydrogens is 438 g/mol. The molecule has 5 aromatic rings. The summed E-state index contributed by atoms with van der Waals surface area (Å²) in [5, 5.41) is 1.84. The van der Waals surface area contributed by atoms with Crippen LogP contribution in [-0.4, -0.2) is 28.0 Å². The van der Waals surface area contributed by atoms with Crippen molar-refractivity contribution < 1.29 is 14.3 Å². The summed E-state index contributed by atoms with van der Waals surface area (Å²) in [6.45, 7) is 0.397. The average molecular weight is 458 g/mol. The average Bonchev–Trinajstić information content (AvgIpc) is 3.23. The quantitative estimate of drug-likeness (QED) is 0.255. The van der Waals surface area contributed by atoms with Gasteiger partial charge in [-0.3, -0.25) is 0 Å². The molecule has 2 heterocycles. The molecule has 5 rings (SSSR count). The lowest BCUT2D eigenvalue weighted by molar-refractivity contribution is 0.0600. The Hall–Kier alpha value is -3.74. The fourth-order valence-corrected chi connectivity index (χ4v) is 4.11. The van der Waals surface area contributed by atoms with Gasteiger partial charge in [0, 0.05) is 10.9 Å². The van der Waals surface area contributed by atoms with Gasteiger partial charge in [-0.2, -0.15) is 0 Å². The van der Waals surface area contributed by atoms with Crippen molar-refractivity contribution in [3.05, 3.63) is 107 Å². The number of fused-ring (bicyclic) bond motifs is 3. The monoisotopic (exact) mass is 457 g/mol. The van der Waals surface area contributed by atoms with Crippen LogP contribution >= 0.6 is 11.6 Å². The van der Waals surface area contributed by atoms with Crippen LogP contribution in [0.3, 0.4) is 0 Å². The van der Waals surface area contributed by atoms with Crippen molar-refractivity contribution in [2.45, 2.75) is 12.7 Å². The number of rotatable bonds is 6. The molecule has 0 radical (unpaired) electrons. The number of aromatic amines is 1. The maximum absolute atomic E-state index is 11.9. The van der Waals surface area contributed by atoms with E-state index in [4.69, 9.17) is 26.1 Å². The number of benzene rings is 3. The van der Waals surface area contributed by atoms with Gasteiger partial charge in [-0.25, -0.2) is 14.8 Å². The van der Waals surface area contributed by atoms with E-state index in [-0.39, 0.29) is 0 Å². The zero-order valence-corrected chi connectivity index (χ0v) is 18.5. The number of carbonyl (C=O) groups excluding carboxylic acids is 1. The molecule has 0 amide bonds. The van der Waals surface area contributed by atoms with E-state index in [9.17, 15) is 4.79 Å². The largest absolute Gasteiger partial charge is 0.465 e. The van der Waals surface area contributed by atoms with E-state index in [2.05, 4.69) is 9.97 Å². The van der Waals surface area contributed by atoms with E-state index in [1.54, 1.807) is 12.1 Å². The van der Waals surface area contributed by atoms with Gasteiger partial charge in [0.15, 0.2) is 5.82 Å². The van der Waals surface area contributed by atoms with E-state index in [0.29, 0.717) is 34.2 Å². The number of nitrogens with one attached hydrogen (secondary N) is 1. The number of H-pyrrole nitrogens is 1. The van der Waals surface area contributed by atoms with Crippen LogP contribution in [-0.2, 0) is 16.1 Å². The van der Waals surface area contributed by atoms with E-state index < -0.39 is 12.1 Å². The van der Waals surface area contributed by atoms with Gasteiger partial charge in [0.1, 0.15) is 16.9 Å². The molecule has 0 aliphatic heterocycles. The van der Waals surface area contributed by atoms with Gasteiger partial charge in [-0.05, 0) is 23.3 Å². The Morgan fingerprint density at radius 1 is 1.00 bits per heavy atom. The van der Waals surface area contributed by atoms with Gasteiger partial charge >= 0.3 is 5.97 Å². The maximum Gasteiger partial charge on any atom is 0.337 e. The normalized spacial score (nSPS) is 12.2. The van der Waals surface area contributed by atoms with Gasteiger partial charge in [0.25, 0.3) is 0 Å². The Morgan fingerprint density at radius 2 is 1.73 bits per heavy atom. The maximum atomic E-state index is 11.9. The van der Waals surface area contributed by atoms with Crippen LogP contribution in [0.1, 0.15) is 33.4 Å². The Morgan fingerprint density at radius 3 is 2.45 bits per heavy atom. The number of nitrogens with zero attached hydrogens (tertiary/aromatic N) is 2. The van der Waals surface area contributed by atoms with E-state index >= 15 is 0 Å². The highest BCUT2D eigenvalue weighted by molar-refractivity contribution is 6.36. The summed E-state index contributed by atoms with van der Waals surface area (Å²) in [7, 11) is 1.35. The van der Waals surface area contributed by atoms with Crippen molar-refractivity contribution in [3.8, 4) is 0 Å². The fraction of sp³-hybridized carbons (Fsp3) is 0.115. The number of carbonyl (C=O) groups is 1. The zero-order chi connectivity index (χ0) is 22.8. The Balaban J connectivity index is 1.58. The molecule has 0 saturated carbocycles. The first-order chi connectivity index (χ1) is 16.1. The molecule has 7 heteroatoms. The highest BCUT2D eigenvalue weighted by Crippen LogP contribution is 2.33. The van der Waals surface area contributed by atoms with E-state index in [0.717, 1.165) is 22.0 Å². The van der Waals surface area contributed by atoms with Crippen LogP contribution in [0.5, 0.6) is 0 Å². The van der Waals surface area contributed by atoms with Gasteiger partial charge < -0.3 is 14.5 Å². The third kappa shape index (κ3) is 4.18. The lowest BCUT2D eigenvalue weighted by Gasteiger charge is -2.17. The predicted octanol–water partition coefficient (Wildman–Crippen LogP) is 5.86. The standard InChI is InChI=1S/C26H20ClN3O3/c1-32-26(31)18-12-13-19-20(14-18)28-24-21(19)23(27)29-25(30-24)22(17-10-6-3-7-11-17)33-15-16-8-4-2-5-9-16/h2-14,22H,15H2,1H3,(H,28,29,30). The summed E-state index contributed by atoms with van der Waals surface area (Å²) in [5.41, 5.74) is 3.71. The molecule has 1 atom stereocenters. The predicted molar refractivity (Wildman–Crippen MR) is 127 cm³/mol. The SMILES string of the molecule is COC(=O)c1ccc2c(c1)[nH]c1nc(C(OCc3ccccc3)c3ccccc3)nc(Cl)c12. The van der Waals surface area contributed by atoms with E-state index in [1.165, 1.54) is 7.11 Å². The van der Waals surface area contributed by atoms with Gasteiger partial charge in [0.2, 0.25) is 0 Å². The molecule has 0 fully saturated rings. The summed E-state index contributed by atoms with van der Waals surface area (Å²) >= 11 is 6.64. The summed E-state index contributed by atoms with van der Waals surface area (Å²) < 4.78 is 11.1. The first kappa shape index (κ1) is 21.1. The van der Waals surface area contributed by atoms with Crippen LogP contribution in [0, 0.1) is 0 Å². The number of halogens is 1. The number of aromatic nitrogens is 3. The van der Waals surface area contributed by atoms with Crippen LogP contribution in [0.15, 0.2) is 78.9 Å². The van der Waals surface area contributed by atoms with Crippen molar-refractivity contribution in [1.29, 1.82) is 0 Å². The highest BCUT2D eigenvalue weighted by atomic mass is 35.5. The molecular formula is C26H20ClN3O3.